The van der Waals surface area contributed by atoms with Crippen molar-refractivity contribution in [3.8, 4) is 11.5 Å². The maximum absolute atomic E-state index is 10.5. The standard InChI is InChI=1S/C34H52N2.C7H8O2.Ni/c1-6-11-16-28-21-23-32(25-30(28)18-13-8-3)35-27-34(20-15-10-5)36-33-24-22-29(17-12-7-2)31(26-33)19-14-9-4;1-5-2-3-6(8)7(9)4-5;/h21-27H,6-20H2,1-5H3;2-4,8-9H,1H3;/q;;+2/p-2. The van der Waals surface area contributed by atoms with Gasteiger partial charge in [-0.2, -0.15) is 0 Å². The minimum absolute atomic E-state index is 0. The van der Waals surface area contributed by atoms with Crippen LogP contribution in [-0.4, -0.2) is 11.9 Å². The van der Waals surface area contributed by atoms with Crippen LogP contribution in [0.15, 0.2) is 64.6 Å². The van der Waals surface area contributed by atoms with E-state index in [0.29, 0.717) is 0 Å². The van der Waals surface area contributed by atoms with Crippen molar-refractivity contribution in [2.75, 3.05) is 0 Å². The van der Waals surface area contributed by atoms with Crippen molar-refractivity contribution in [2.45, 2.75) is 138 Å². The molecule has 3 aromatic carbocycles. The van der Waals surface area contributed by atoms with Gasteiger partial charge in [-0.3, -0.25) is 9.98 Å². The number of hydrogen-bond donors (Lipinski definition) is 0. The molecule has 3 aromatic rings. The summed E-state index contributed by atoms with van der Waals surface area (Å²) in [6.07, 6.45) is 19.9. The molecule has 0 amide bonds. The third kappa shape index (κ3) is 15.6. The molecule has 46 heavy (non-hydrogen) atoms. The van der Waals surface area contributed by atoms with E-state index in [1.54, 1.807) is 13.0 Å². The van der Waals surface area contributed by atoms with Gasteiger partial charge in [0, 0.05) is 6.21 Å². The molecule has 0 aliphatic rings. The quantitative estimate of drug-likeness (QED) is 0.0999. The summed E-state index contributed by atoms with van der Waals surface area (Å²) in [6, 6.07) is 18.0. The van der Waals surface area contributed by atoms with Crippen LogP contribution in [0, 0.1) is 6.92 Å². The fourth-order valence-corrected chi connectivity index (χ4v) is 5.23. The number of unbranched alkanes of at least 4 members (excludes halogenated alkanes) is 5. The molecule has 5 heteroatoms. The molecule has 3 rings (SSSR count). The van der Waals surface area contributed by atoms with E-state index in [2.05, 4.69) is 71.0 Å². The Balaban J connectivity index is 0.000000907. The Labute approximate surface area is 290 Å². The Kier molecular flexibility index (Phi) is 21.7. The normalized spacial score (nSPS) is 11.3. The van der Waals surface area contributed by atoms with Gasteiger partial charge in [0.25, 0.3) is 0 Å². The molecule has 0 N–H and O–H groups in total. The summed E-state index contributed by atoms with van der Waals surface area (Å²) in [7, 11) is 0. The van der Waals surface area contributed by atoms with Gasteiger partial charge in [0.05, 0.1) is 17.1 Å². The van der Waals surface area contributed by atoms with Gasteiger partial charge in [0.2, 0.25) is 0 Å². The Morgan fingerprint density at radius 3 is 1.52 bits per heavy atom. The Bertz CT molecular complexity index is 1330. The minimum atomic E-state index is -0.430. The first kappa shape index (κ1) is 41.1. The second-order valence-electron chi connectivity index (χ2n) is 12.2. The maximum atomic E-state index is 10.5. The van der Waals surface area contributed by atoms with E-state index in [0.717, 1.165) is 54.8 Å². The smallest absolute Gasteiger partial charge is 0.873 e. The van der Waals surface area contributed by atoms with Crippen molar-refractivity contribution in [2.24, 2.45) is 9.98 Å². The first-order chi connectivity index (χ1) is 21.8. The molecule has 0 fully saturated rings. The van der Waals surface area contributed by atoms with Crippen molar-refractivity contribution < 1.29 is 26.7 Å². The first-order valence-electron chi connectivity index (χ1n) is 17.6. The summed E-state index contributed by atoms with van der Waals surface area (Å²) in [5.41, 5.74) is 10.0. The van der Waals surface area contributed by atoms with Crippen LogP contribution in [-0.2, 0) is 42.2 Å². The van der Waals surface area contributed by atoms with E-state index >= 15 is 0 Å². The fourth-order valence-electron chi connectivity index (χ4n) is 5.23. The molecule has 254 valence electrons. The molecule has 0 unspecified atom stereocenters. The molecule has 0 saturated heterocycles. The fraction of sp³-hybridized carbons (Fsp3) is 0.512. The van der Waals surface area contributed by atoms with Crippen LogP contribution >= 0.6 is 0 Å². The van der Waals surface area contributed by atoms with Gasteiger partial charge in [-0.1, -0.05) is 103 Å². The monoisotopic (exact) mass is 668 g/mol. The molecular formula is C41H58N2NiO2. The minimum Gasteiger partial charge on any atom is -0.873 e. The molecule has 0 radical (unpaired) electrons. The molecule has 0 aliphatic heterocycles. The van der Waals surface area contributed by atoms with Crippen LogP contribution in [0.1, 0.15) is 133 Å². The molecule has 0 atom stereocenters. The van der Waals surface area contributed by atoms with Crippen molar-refractivity contribution in [3.63, 3.8) is 0 Å². The molecule has 0 aliphatic carbocycles. The van der Waals surface area contributed by atoms with Gasteiger partial charge < -0.3 is 10.2 Å². The first-order valence-corrected chi connectivity index (χ1v) is 17.6. The molecule has 0 saturated carbocycles. The van der Waals surface area contributed by atoms with Crippen LogP contribution in [0.2, 0.25) is 0 Å². The van der Waals surface area contributed by atoms with Gasteiger partial charge in [0.15, 0.2) is 0 Å². The van der Waals surface area contributed by atoms with Crippen molar-refractivity contribution in [3.05, 3.63) is 82.4 Å². The van der Waals surface area contributed by atoms with E-state index in [9.17, 15) is 10.2 Å². The summed E-state index contributed by atoms with van der Waals surface area (Å²) in [6.45, 7) is 13.1. The SMILES string of the molecule is CCCCC(C=Nc1ccc(CCCC)c(CCCC)c1)=Nc1ccc(CCCC)c(CCCC)c1.Cc1ccc([O-])c([O-])c1.[Ni+2]. The average Bonchev–Trinajstić information content (AvgIpc) is 3.05. The van der Waals surface area contributed by atoms with Gasteiger partial charge in [-0.05, 0) is 118 Å². The summed E-state index contributed by atoms with van der Waals surface area (Å²) in [4.78, 5) is 10.0. The zero-order chi connectivity index (χ0) is 32.9. The average molecular weight is 670 g/mol. The van der Waals surface area contributed by atoms with Gasteiger partial charge in [-0.15, -0.1) is 11.5 Å². The molecule has 0 aromatic heterocycles. The third-order valence-electron chi connectivity index (χ3n) is 8.10. The molecular weight excluding hydrogens is 611 g/mol. The van der Waals surface area contributed by atoms with E-state index in [1.807, 2.05) is 6.21 Å². The Morgan fingerprint density at radius 2 is 1.04 bits per heavy atom. The van der Waals surface area contributed by atoms with E-state index < -0.39 is 11.5 Å². The van der Waals surface area contributed by atoms with E-state index in [4.69, 9.17) is 9.98 Å². The zero-order valence-corrected chi connectivity index (χ0v) is 30.4. The Morgan fingerprint density at radius 1 is 0.565 bits per heavy atom. The molecule has 0 spiro atoms. The number of aliphatic imine (C=N–C) groups is 2. The van der Waals surface area contributed by atoms with Crippen molar-refractivity contribution >= 4 is 23.3 Å². The predicted molar refractivity (Wildman–Crippen MR) is 192 cm³/mol. The molecule has 0 heterocycles. The van der Waals surface area contributed by atoms with Crippen LogP contribution in [0.4, 0.5) is 11.4 Å². The van der Waals surface area contributed by atoms with Gasteiger partial charge in [0.1, 0.15) is 0 Å². The molecule has 4 nitrogen and oxygen atoms in total. The number of benzene rings is 3. The van der Waals surface area contributed by atoms with Gasteiger partial charge in [-0.25, -0.2) is 0 Å². The topological polar surface area (TPSA) is 70.8 Å². The van der Waals surface area contributed by atoms with Crippen LogP contribution < -0.4 is 10.2 Å². The maximum Gasteiger partial charge on any atom is 2.00 e. The van der Waals surface area contributed by atoms with Crippen LogP contribution in [0.5, 0.6) is 11.5 Å². The predicted octanol–water partition coefficient (Wildman–Crippen LogP) is 10.9. The largest absolute Gasteiger partial charge is 2.00 e. The summed E-state index contributed by atoms with van der Waals surface area (Å²) in [5, 5.41) is 21.0. The van der Waals surface area contributed by atoms with Crippen LogP contribution in [0.25, 0.3) is 0 Å². The molecule has 0 bridgehead atoms. The third-order valence-corrected chi connectivity index (χ3v) is 8.10. The van der Waals surface area contributed by atoms with E-state index in [1.165, 1.54) is 98.6 Å². The summed E-state index contributed by atoms with van der Waals surface area (Å²) >= 11 is 0. The summed E-state index contributed by atoms with van der Waals surface area (Å²) in [5.74, 6) is -0.851. The van der Waals surface area contributed by atoms with Gasteiger partial charge >= 0.3 is 16.5 Å². The number of nitrogens with zero attached hydrogens (tertiary/aromatic N) is 2. The van der Waals surface area contributed by atoms with E-state index in [-0.39, 0.29) is 16.5 Å². The van der Waals surface area contributed by atoms with Crippen LogP contribution in [0.3, 0.4) is 0 Å². The Hall–Kier alpha value is -2.91. The number of rotatable bonds is 18. The summed E-state index contributed by atoms with van der Waals surface area (Å²) < 4.78 is 0. The van der Waals surface area contributed by atoms with Crippen molar-refractivity contribution in [1.82, 2.24) is 0 Å². The second kappa shape index (κ2) is 24.3. The number of aryl methyl sites for hydroxylation is 5. The zero-order valence-electron chi connectivity index (χ0n) is 29.4. The number of hydrogen-bond acceptors (Lipinski definition) is 4. The second-order valence-corrected chi connectivity index (χ2v) is 12.2. The van der Waals surface area contributed by atoms with Crippen molar-refractivity contribution in [1.29, 1.82) is 0 Å².